The molecule has 130 valence electrons. The number of rotatable bonds is 2. The summed E-state index contributed by atoms with van der Waals surface area (Å²) in [5, 5.41) is 15.8. The number of piperazine rings is 1. The Labute approximate surface area is 143 Å². The van der Waals surface area contributed by atoms with Crippen LogP contribution >= 0.6 is 0 Å². The number of tetrazole rings is 1. The molecule has 0 spiro atoms. The van der Waals surface area contributed by atoms with E-state index in [1.165, 1.54) is 0 Å². The van der Waals surface area contributed by atoms with Crippen LogP contribution in [0.1, 0.15) is 5.56 Å². The molecule has 11 nitrogen and oxygen atoms in total. The van der Waals surface area contributed by atoms with Gasteiger partial charge in [-0.1, -0.05) is 0 Å². The molecule has 11 heteroatoms. The summed E-state index contributed by atoms with van der Waals surface area (Å²) in [6, 6.07) is 5.59. The first-order valence-corrected chi connectivity index (χ1v) is 7.91. The van der Waals surface area contributed by atoms with Gasteiger partial charge in [-0.2, -0.15) is 9.62 Å². The van der Waals surface area contributed by atoms with E-state index in [1.54, 1.807) is 4.52 Å². The zero-order valence-corrected chi connectivity index (χ0v) is 13.8. The molecule has 1 aliphatic heterocycles. The number of nitrogens with one attached hydrogen (secondary N) is 1. The number of nitrogens with two attached hydrogens (primary N) is 2. The maximum absolute atomic E-state index is 5.45. The van der Waals surface area contributed by atoms with Crippen molar-refractivity contribution in [1.82, 2.24) is 35.4 Å². The van der Waals surface area contributed by atoms with Crippen LogP contribution in [0.4, 0.5) is 5.82 Å². The van der Waals surface area contributed by atoms with E-state index < -0.39 is 0 Å². The van der Waals surface area contributed by atoms with Crippen LogP contribution in [0.25, 0.3) is 16.7 Å². The number of hydrazone groups is 1. The van der Waals surface area contributed by atoms with E-state index in [0.29, 0.717) is 11.5 Å². The second kappa shape index (κ2) is 6.11. The fourth-order valence-corrected chi connectivity index (χ4v) is 3.01. The SMILES string of the molecule is CN1CCN(c2nc3ccc(/C(=N\N)NN)cc3n3nnnc23)CC1. The lowest BCUT2D eigenvalue weighted by molar-refractivity contribution is 0.312. The molecule has 1 aliphatic rings. The van der Waals surface area contributed by atoms with Crippen molar-refractivity contribution < 1.29 is 0 Å². The monoisotopic (exact) mass is 341 g/mol. The Kier molecular flexibility index (Phi) is 3.78. The first-order valence-electron chi connectivity index (χ1n) is 7.91. The predicted octanol–water partition coefficient (Wildman–Crippen LogP) is -1.49. The third kappa shape index (κ3) is 2.58. The largest absolute Gasteiger partial charge is 0.351 e. The maximum atomic E-state index is 5.45. The second-order valence-corrected chi connectivity index (χ2v) is 5.97. The molecule has 3 heterocycles. The minimum Gasteiger partial charge on any atom is -0.351 e. The standard InChI is InChI=1S/C14H19N11/c1-23-4-6-24(7-5-23)13-14-20-21-22-25(14)11-8-9(12(18-15)19-16)2-3-10(11)17-13/h2-3,8H,4-7,15-16H2,1H3,(H,18,19). The van der Waals surface area contributed by atoms with Crippen LogP contribution in [0.2, 0.25) is 0 Å². The van der Waals surface area contributed by atoms with Gasteiger partial charge < -0.3 is 21.1 Å². The minimum absolute atomic E-state index is 0.367. The van der Waals surface area contributed by atoms with Crippen LogP contribution in [-0.4, -0.2) is 69.0 Å². The molecule has 25 heavy (non-hydrogen) atoms. The first kappa shape index (κ1) is 15.5. The van der Waals surface area contributed by atoms with Crippen molar-refractivity contribution in [3.63, 3.8) is 0 Å². The molecule has 4 rings (SSSR count). The van der Waals surface area contributed by atoms with Gasteiger partial charge in [-0.15, -0.1) is 5.10 Å². The molecule has 0 saturated carbocycles. The van der Waals surface area contributed by atoms with E-state index in [1.807, 2.05) is 18.2 Å². The van der Waals surface area contributed by atoms with Crippen molar-refractivity contribution in [2.75, 3.05) is 38.1 Å². The highest BCUT2D eigenvalue weighted by Gasteiger charge is 2.21. The van der Waals surface area contributed by atoms with Gasteiger partial charge in [0, 0.05) is 31.7 Å². The first-order chi connectivity index (χ1) is 12.2. The zero-order valence-electron chi connectivity index (χ0n) is 13.8. The van der Waals surface area contributed by atoms with Crippen LogP contribution in [0.5, 0.6) is 0 Å². The van der Waals surface area contributed by atoms with Crippen molar-refractivity contribution in [1.29, 1.82) is 0 Å². The molecule has 0 atom stereocenters. The normalized spacial score (nSPS) is 16.7. The average molecular weight is 341 g/mol. The fraction of sp³-hybridized carbons (Fsp3) is 0.357. The highest BCUT2D eigenvalue weighted by Crippen LogP contribution is 2.24. The lowest BCUT2D eigenvalue weighted by Gasteiger charge is -2.33. The van der Waals surface area contributed by atoms with E-state index >= 15 is 0 Å². The van der Waals surface area contributed by atoms with Crippen LogP contribution in [0.3, 0.4) is 0 Å². The number of benzene rings is 1. The number of likely N-dealkylation sites (N-methyl/N-ethyl adjacent to an activating group) is 1. The molecule has 2 aromatic heterocycles. The van der Waals surface area contributed by atoms with Gasteiger partial charge in [-0.25, -0.2) is 10.8 Å². The number of anilines is 1. The summed E-state index contributed by atoms with van der Waals surface area (Å²) in [5.74, 6) is 12.0. The number of amidine groups is 1. The molecule has 0 amide bonds. The summed E-state index contributed by atoms with van der Waals surface area (Å²) < 4.78 is 1.68. The average Bonchev–Trinajstić information content (AvgIpc) is 3.13. The topological polar surface area (TPSA) is 139 Å². The van der Waals surface area contributed by atoms with Gasteiger partial charge >= 0.3 is 0 Å². The highest BCUT2D eigenvalue weighted by molar-refractivity contribution is 6.01. The fourth-order valence-electron chi connectivity index (χ4n) is 3.01. The van der Waals surface area contributed by atoms with Crippen LogP contribution in [0.15, 0.2) is 23.3 Å². The molecule has 5 N–H and O–H groups in total. The van der Waals surface area contributed by atoms with Crippen molar-refractivity contribution in [2.45, 2.75) is 0 Å². The Morgan fingerprint density at radius 1 is 1.24 bits per heavy atom. The quantitative estimate of drug-likeness (QED) is 0.220. The molecule has 1 saturated heterocycles. The highest BCUT2D eigenvalue weighted by atomic mass is 15.5. The molecule has 1 fully saturated rings. The van der Waals surface area contributed by atoms with Crippen molar-refractivity contribution >= 4 is 28.3 Å². The Morgan fingerprint density at radius 3 is 2.76 bits per heavy atom. The van der Waals surface area contributed by atoms with E-state index in [2.05, 4.69) is 42.9 Å². The third-order valence-corrected chi connectivity index (χ3v) is 4.44. The number of hydrazine groups is 1. The summed E-state index contributed by atoms with van der Waals surface area (Å²) in [7, 11) is 2.11. The van der Waals surface area contributed by atoms with Gasteiger partial charge in [-0.3, -0.25) is 0 Å². The van der Waals surface area contributed by atoms with Gasteiger partial charge in [0.05, 0.1) is 11.0 Å². The van der Waals surface area contributed by atoms with E-state index in [0.717, 1.165) is 48.6 Å². The Bertz CT molecular complexity index is 939. The Hall–Kier alpha value is -3.05. The molecular formula is C14H19N11. The van der Waals surface area contributed by atoms with Crippen LogP contribution in [-0.2, 0) is 0 Å². The Balaban J connectivity index is 1.86. The molecule has 0 radical (unpaired) electrons. The second-order valence-electron chi connectivity index (χ2n) is 5.97. The zero-order chi connectivity index (χ0) is 17.4. The number of nitrogens with zero attached hydrogens (tertiary/aromatic N) is 8. The summed E-state index contributed by atoms with van der Waals surface area (Å²) in [4.78, 5) is 9.30. The maximum Gasteiger partial charge on any atom is 0.222 e. The van der Waals surface area contributed by atoms with Gasteiger partial charge in [0.2, 0.25) is 5.65 Å². The smallest absolute Gasteiger partial charge is 0.222 e. The molecule has 3 aromatic rings. The van der Waals surface area contributed by atoms with E-state index in [9.17, 15) is 0 Å². The van der Waals surface area contributed by atoms with Gasteiger partial charge in [0.1, 0.15) is 0 Å². The van der Waals surface area contributed by atoms with Crippen molar-refractivity contribution in [3.05, 3.63) is 23.8 Å². The molecule has 0 unspecified atom stereocenters. The third-order valence-electron chi connectivity index (χ3n) is 4.44. The summed E-state index contributed by atoms with van der Waals surface area (Å²) in [5.41, 5.74) is 5.36. The molecular weight excluding hydrogens is 322 g/mol. The lowest BCUT2D eigenvalue weighted by Crippen LogP contribution is -2.45. The number of hydrogen-bond acceptors (Lipinski definition) is 9. The van der Waals surface area contributed by atoms with Gasteiger partial charge in [0.25, 0.3) is 0 Å². The summed E-state index contributed by atoms with van der Waals surface area (Å²) >= 11 is 0. The summed E-state index contributed by atoms with van der Waals surface area (Å²) in [6.07, 6.45) is 0. The predicted molar refractivity (Wildman–Crippen MR) is 93.8 cm³/mol. The molecule has 0 aliphatic carbocycles. The van der Waals surface area contributed by atoms with Crippen LogP contribution in [0, 0.1) is 0 Å². The van der Waals surface area contributed by atoms with Crippen molar-refractivity contribution in [2.24, 2.45) is 16.8 Å². The van der Waals surface area contributed by atoms with E-state index in [-0.39, 0.29) is 0 Å². The number of hydrogen-bond donors (Lipinski definition) is 3. The number of fused-ring (bicyclic) bond motifs is 3. The van der Waals surface area contributed by atoms with E-state index in [4.69, 9.17) is 16.7 Å². The minimum atomic E-state index is 0.367. The van der Waals surface area contributed by atoms with Gasteiger partial charge in [0.15, 0.2) is 11.7 Å². The number of aromatic nitrogens is 5. The van der Waals surface area contributed by atoms with Crippen molar-refractivity contribution in [3.8, 4) is 0 Å². The summed E-state index contributed by atoms with van der Waals surface area (Å²) in [6.45, 7) is 3.73. The molecule has 0 bridgehead atoms. The van der Waals surface area contributed by atoms with Crippen LogP contribution < -0.4 is 22.0 Å². The molecule has 1 aromatic carbocycles. The Morgan fingerprint density at radius 2 is 2.04 bits per heavy atom. The van der Waals surface area contributed by atoms with Gasteiger partial charge in [-0.05, 0) is 35.7 Å². The lowest BCUT2D eigenvalue weighted by atomic mass is 10.1.